The molecule has 1 aromatic heterocycles. The zero-order valence-corrected chi connectivity index (χ0v) is 20.6. The number of rotatable bonds is 10. The summed E-state index contributed by atoms with van der Waals surface area (Å²) in [6.45, 7) is 1.84. The summed E-state index contributed by atoms with van der Waals surface area (Å²) >= 11 is 0. The predicted octanol–water partition coefficient (Wildman–Crippen LogP) is 3.41. The topological polar surface area (TPSA) is 112 Å². The van der Waals surface area contributed by atoms with E-state index in [9.17, 15) is 9.59 Å². The van der Waals surface area contributed by atoms with Gasteiger partial charge in [0.2, 0.25) is 12.7 Å². The summed E-state index contributed by atoms with van der Waals surface area (Å²) in [6.07, 6.45) is 1.90. The summed E-state index contributed by atoms with van der Waals surface area (Å²) in [5.41, 5.74) is 1.83. The van der Waals surface area contributed by atoms with Crippen LogP contribution in [0.25, 0.3) is 11.3 Å². The standard InChI is InChI=1S/C27H29N3O7/c1-33-20-5-2-4-19(13-20)24-14-22(29-37-24)27(32)30(16-21-6-3-11-34-21)10-9-26(31)28-15-18-7-8-23-25(12-18)36-17-35-23/h2,4-5,7-8,12-14,21H,3,6,9-11,15-17H2,1H3,(H,28,31)/t21-/m0/s1. The van der Waals surface area contributed by atoms with Gasteiger partial charge < -0.3 is 33.7 Å². The molecule has 1 fully saturated rings. The fourth-order valence-corrected chi connectivity index (χ4v) is 4.34. The third kappa shape index (κ3) is 6.03. The summed E-state index contributed by atoms with van der Waals surface area (Å²) in [5.74, 6) is 2.02. The SMILES string of the molecule is COc1cccc(-c2cc(C(=O)N(CCC(=O)NCc3ccc4c(c3)OCO4)C[C@@H]3CCCO3)no2)c1. The number of carbonyl (C=O) groups excluding carboxylic acids is 2. The van der Waals surface area contributed by atoms with E-state index in [0.29, 0.717) is 42.7 Å². The number of methoxy groups -OCH3 is 1. The molecule has 0 radical (unpaired) electrons. The van der Waals surface area contributed by atoms with E-state index < -0.39 is 0 Å². The molecule has 1 N–H and O–H groups in total. The second-order valence-electron chi connectivity index (χ2n) is 8.91. The lowest BCUT2D eigenvalue weighted by Crippen LogP contribution is -2.40. The molecule has 0 spiro atoms. The minimum atomic E-state index is -0.308. The molecule has 0 bridgehead atoms. The number of ether oxygens (including phenoxy) is 4. The second kappa shape index (κ2) is 11.3. The Hall–Kier alpha value is -4.05. The van der Waals surface area contributed by atoms with E-state index >= 15 is 0 Å². The first-order valence-electron chi connectivity index (χ1n) is 12.3. The summed E-state index contributed by atoms with van der Waals surface area (Å²) in [5, 5.41) is 6.91. The van der Waals surface area contributed by atoms with Gasteiger partial charge in [-0.2, -0.15) is 0 Å². The number of hydrogen-bond donors (Lipinski definition) is 1. The van der Waals surface area contributed by atoms with Gasteiger partial charge in [-0.05, 0) is 42.7 Å². The predicted molar refractivity (Wildman–Crippen MR) is 132 cm³/mol. The highest BCUT2D eigenvalue weighted by atomic mass is 16.7. The fraction of sp³-hybridized carbons (Fsp3) is 0.370. The molecule has 0 aliphatic carbocycles. The molecule has 0 saturated carbocycles. The number of hydrogen-bond acceptors (Lipinski definition) is 8. The van der Waals surface area contributed by atoms with Gasteiger partial charge in [-0.15, -0.1) is 0 Å². The van der Waals surface area contributed by atoms with Crippen molar-refractivity contribution in [1.82, 2.24) is 15.4 Å². The molecule has 2 amide bonds. The van der Waals surface area contributed by atoms with Crippen molar-refractivity contribution in [2.24, 2.45) is 0 Å². The van der Waals surface area contributed by atoms with Gasteiger partial charge in [-0.3, -0.25) is 9.59 Å². The van der Waals surface area contributed by atoms with Crippen molar-refractivity contribution >= 4 is 11.8 Å². The minimum absolute atomic E-state index is 0.0644. The largest absolute Gasteiger partial charge is 0.497 e. The van der Waals surface area contributed by atoms with E-state index in [-0.39, 0.29) is 43.4 Å². The van der Waals surface area contributed by atoms with Gasteiger partial charge in [0.15, 0.2) is 23.0 Å². The maximum atomic E-state index is 13.4. The number of nitrogens with zero attached hydrogens (tertiary/aromatic N) is 2. The fourth-order valence-electron chi connectivity index (χ4n) is 4.34. The Bertz CT molecular complexity index is 1250. The molecular weight excluding hydrogens is 478 g/mol. The molecule has 2 aromatic carbocycles. The smallest absolute Gasteiger partial charge is 0.276 e. The van der Waals surface area contributed by atoms with E-state index in [1.54, 1.807) is 18.1 Å². The van der Waals surface area contributed by atoms with Crippen LogP contribution in [-0.2, 0) is 16.1 Å². The zero-order chi connectivity index (χ0) is 25.6. The lowest BCUT2D eigenvalue weighted by Gasteiger charge is -2.24. The Balaban J connectivity index is 1.21. The van der Waals surface area contributed by atoms with E-state index in [4.69, 9.17) is 23.5 Å². The lowest BCUT2D eigenvalue weighted by atomic mass is 10.1. The average Bonchev–Trinajstić information content (AvgIpc) is 3.71. The number of carbonyl (C=O) groups is 2. The molecule has 194 valence electrons. The van der Waals surface area contributed by atoms with Crippen molar-refractivity contribution in [2.75, 3.05) is 33.6 Å². The quantitative estimate of drug-likeness (QED) is 0.444. The average molecular weight is 508 g/mol. The van der Waals surface area contributed by atoms with Crippen LogP contribution in [0.2, 0.25) is 0 Å². The van der Waals surface area contributed by atoms with Crippen LogP contribution in [0.5, 0.6) is 17.2 Å². The van der Waals surface area contributed by atoms with E-state index in [2.05, 4.69) is 10.5 Å². The van der Waals surface area contributed by atoms with Gasteiger partial charge in [-0.25, -0.2) is 0 Å². The van der Waals surface area contributed by atoms with Crippen molar-refractivity contribution in [1.29, 1.82) is 0 Å². The molecule has 3 aromatic rings. The Morgan fingerprint density at radius 3 is 2.86 bits per heavy atom. The van der Waals surface area contributed by atoms with E-state index in [1.807, 2.05) is 42.5 Å². The number of aromatic nitrogens is 1. The van der Waals surface area contributed by atoms with Gasteiger partial charge in [0.1, 0.15) is 5.75 Å². The Morgan fingerprint density at radius 2 is 2.03 bits per heavy atom. The zero-order valence-electron chi connectivity index (χ0n) is 20.6. The molecular formula is C27H29N3O7. The van der Waals surface area contributed by atoms with Crippen molar-refractivity contribution in [3.63, 3.8) is 0 Å². The van der Waals surface area contributed by atoms with Gasteiger partial charge in [0.25, 0.3) is 5.91 Å². The third-order valence-corrected chi connectivity index (χ3v) is 6.35. The van der Waals surface area contributed by atoms with Crippen LogP contribution in [0.3, 0.4) is 0 Å². The molecule has 2 aliphatic rings. The van der Waals surface area contributed by atoms with Gasteiger partial charge in [-0.1, -0.05) is 23.4 Å². The highest BCUT2D eigenvalue weighted by Gasteiger charge is 2.26. The lowest BCUT2D eigenvalue weighted by molar-refractivity contribution is -0.121. The van der Waals surface area contributed by atoms with Crippen molar-refractivity contribution in [2.45, 2.75) is 31.9 Å². The van der Waals surface area contributed by atoms with Crippen LogP contribution in [0.15, 0.2) is 53.1 Å². The summed E-state index contributed by atoms with van der Waals surface area (Å²) < 4.78 is 27.2. The summed E-state index contributed by atoms with van der Waals surface area (Å²) in [4.78, 5) is 27.6. The monoisotopic (exact) mass is 507 g/mol. The van der Waals surface area contributed by atoms with Gasteiger partial charge >= 0.3 is 0 Å². The molecule has 1 saturated heterocycles. The summed E-state index contributed by atoms with van der Waals surface area (Å²) in [7, 11) is 1.59. The van der Waals surface area contributed by atoms with Crippen LogP contribution in [-0.4, -0.2) is 61.6 Å². The number of benzene rings is 2. The molecule has 1 atom stereocenters. The maximum Gasteiger partial charge on any atom is 0.276 e. The molecule has 5 rings (SSSR count). The highest BCUT2D eigenvalue weighted by molar-refractivity contribution is 5.93. The van der Waals surface area contributed by atoms with Crippen LogP contribution in [0, 0.1) is 0 Å². The normalized spacial score (nSPS) is 16.0. The number of amides is 2. The minimum Gasteiger partial charge on any atom is -0.497 e. The van der Waals surface area contributed by atoms with Crippen LogP contribution in [0.4, 0.5) is 0 Å². The van der Waals surface area contributed by atoms with Crippen LogP contribution >= 0.6 is 0 Å². The van der Waals surface area contributed by atoms with Crippen molar-refractivity contribution in [3.8, 4) is 28.6 Å². The molecule has 10 nitrogen and oxygen atoms in total. The molecule has 37 heavy (non-hydrogen) atoms. The summed E-state index contributed by atoms with van der Waals surface area (Å²) in [6, 6.07) is 14.5. The first-order valence-corrected chi connectivity index (χ1v) is 12.3. The van der Waals surface area contributed by atoms with Crippen LogP contribution < -0.4 is 19.5 Å². The molecule has 2 aliphatic heterocycles. The van der Waals surface area contributed by atoms with Crippen molar-refractivity contribution in [3.05, 3.63) is 59.8 Å². The Labute approximate surface area is 214 Å². The van der Waals surface area contributed by atoms with Crippen molar-refractivity contribution < 1.29 is 33.1 Å². The van der Waals surface area contributed by atoms with E-state index in [1.165, 1.54) is 0 Å². The highest BCUT2D eigenvalue weighted by Crippen LogP contribution is 2.32. The second-order valence-corrected chi connectivity index (χ2v) is 8.91. The first kappa shape index (κ1) is 24.6. The molecule has 3 heterocycles. The maximum absolute atomic E-state index is 13.4. The molecule has 10 heteroatoms. The number of fused-ring (bicyclic) bond motifs is 1. The first-order chi connectivity index (χ1) is 18.1. The number of nitrogens with one attached hydrogen (secondary N) is 1. The van der Waals surface area contributed by atoms with Crippen LogP contribution in [0.1, 0.15) is 35.3 Å². The van der Waals surface area contributed by atoms with Gasteiger partial charge in [0, 0.05) is 44.3 Å². The Kier molecular flexibility index (Phi) is 7.55. The van der Waals surface area contributed by atoms with Gasteiger partial charge in [0.05, 0.1) is 13.2 Å². The Morgan fingerprint density at radius 1 is 1.14 bits per heavy atom. The molecule has 0 unspecified atom stereocenters. The third-order valence-electron chi connectivity index (χ3n) is 6.35. The van der Waals surface area contributed by atoms with E-state index in [0.717, 1.165) is 24.0 Å².